The summed E-state index contributed by atoms with van der Waals surface area (Å²) in [6.45, 7) is 5.01. The van der Waals surface area contributed by atoms with E-state index >= 15 is 0 Å². The van der Waals surface area contributed by atoms with Crippen molar-refractivity contribution < 1.29 is 9.13 Å². The van der Waals surface area contributed by atoms with Gasteiger partial charge in [-0.2, -0.15) is 0 Å². The van der Waals surface area contributed by atoms with Gasteiger partial charge in [-0.3, -0.25) is 0 Å². The Hall–Kier alpha value is -1.09. The molecular formula is C16H24FNO. The highest BCUT2D eigenvalue weighted by atomic mass is 19.1. The van der Waals surface area contributed by atoms with Gasteiger partial charge >= 0.3 is 0 Å². The van der Waals surface area contributed by atoms with Gasteiger partial charge in [-0.05, 0) is 57.2 Å². The maximum Gasteiger partial charge on any atom is 0.129 e. The fourth-order valence-corrected chi connectivity index (χ4v) is 2.63. The SMILES string of the molecule is CCCNC1CCCC(Oc2ccc(C)c(F)c2)C1. The summed E-state index contributed by atoms with van der Waals surface area (Å²) in [5, 5.41) is 3.55. The lowest BCUT2D eigenvalue weighted by Gasteiger charge is -2.30. The minimum atomic E-state index is -0.186. The number of halogens is 1. The van der Waals surface area contributed by atoms with Gasteiger partial charge in [-0.25, -0.2) is 4.39 Å². The lowest BCUT2D eigenvalue weighted by molar-refractivity contribution is 0.134. The fourth-order valence-electron chi connectivity index (χ4n) is 2.63. The Labute approximate surface area is 115 Å². The highest BCUT2D eigenvalue weighted by Gasteiger charge is 2.22. The van der Waals surface area contributed by atoms with Crippen molar-refractivity contribution >= 4 is 0 Å². The average Bonchev–Trinajstić information content (AvgIpc) is 2.41. The molecular weight excluding hydrogens is 241 g/mol. The van der Waals surface area contributed by atoms with Gasteiger partial charge in [-0.15, -0.1) is 0 Å². The monoisotopic (exact) mass is 265 g/mol. The predicted molar refractivity (Wildman–Crippen MR) is 76.1 cm³/mol. The lowest BCUT2D eigenvalue weighted by atomic mass is 9.92. The molecule has 0 spiro atoms. The Morgan fingerprint density at radius 2 is 2.21 bits per heavy atom. The second kappa shape index (κ2) is 6.90. The van der Waals surface area contributed by atoms with E-state index in [9.17, 15) is 4.39 Å². The fraction of sp³-hybridized carbons (Fsp3) is 0.625. The van der Waals surface area contributed by atoms with Gasteiger partial charge in [0.05, 0.1) is 0 Å². The lowest BCUT2D eigenvalue weighted by Crippen LogP contribution is -2.38. The van der Waals surface area contributed by atoms with E-state index in [0.29, 0.717) is 17.4 Å². The molecule has 1 aliphatic carbocycles. The Morgan fingerprint density at radius 1 is 1.37 bits per heavy atom. The second-order valence-electron chi connectivity index (χ2n) is 5.47. The van der Waals surface area contributed by atoms with Gasteiger partial charge in [0.15, 0.2) is 0 Å². The van der Waals surface area contributed by atoms with E-state index in [1.807, 2.05) is 6.07 Å². The molecule has 0 radical (unpaired) electrons. The van der Waals surface area contributed by atoms with Crippen LogP contribution in [-0.4, -0.2) is 18.7 Å². The molecule has 1 fully saturated rings. The molecule has 0 saturated heterocycles. The van der Waals surface area contributed by atoms with Crippen molar-refractivity contribution in [3.8, 4) is 5.75 Å². The molecule has 106 valence electrons. The molecule has 1 aliphatic rings. The predicted octanol–water partition coefficient (Wildman–Crippen LogP) is 3.82. The maximum absolute atomic E-state index is 13.5. The quantitative estimate of drug-likeness (QED) is 0.873. The van der Waals surface area contributed by atoms with Crippen molar-refractivity contribution in [1.82, 2.24) is 5.32 Å². The van der Waals surface area contributed by atoms with Crippen LogP contribution in [0.1, 0.15) is 44.6 Å². The van der Waals surface area contributed by atoms with Crippen molar-refractivity contribution in [3.05, 3.63) is 29.6 Å². The molecule has 2 nitrogen and oxygen atoms in total. The summed E-state index contributed by atoms with van der Waals surface area (Å²) < 4.78 is 19.4. The van der Waals surface area contributed by atoms with Crippen LogP contribution in [0.4, 0.5) is 4.39 Å². The minimum absolute atomic E-state index is 0.186. The van der Waals surface area contributed by atoms with Crippen molar-refractivity contribution in [2.75, 3.05) is 6.54 Å². The van der Waals surface area contributed by atoms with Crippen LogP contribution in [0.3, 0.4) is 0 Å². The van der Waals surface area contributed by atoms with Crippen LogP contribution in [0, 0.1) is 12.7 Å². The minimum Gasteiger partial charge on any atom is -0.490 e. The molecule has 2 rings (SSSR count). The van der Waals surface area contributed by atoms with Gasteiger partial charge in [0.2, 0.25) is 0 Å². The topological polar surface area (TPSA) is 21.3 Å². The Bertz CT molecular complexity index is 408. The van der Waals surface area contributed by atoms with Crippen LogP contribution in [0.15, 0.2) is 18.2 Å². The summed E-state index contributed by atoms with van der Waals surface area (Å²) in [4.78, 5) is 0. The third kappa shape index (κ3) is 4.20. The molecule has 2 unspecified atom stereocenters. The first-order valence-electron chi connectivity index (χ1n) is 7.35. The molecule has 0 heterocycles. The largest absolute Gasteiger partial charge is 0.490 e. The standard InChI is InChI=1S/C16H24FNO/c1-3-9-18-13-5-4-6-14(10-13)19-15-8-7-12(2)16(17)11-15/h7-8,11,13-14,18H,3-6,9-10H2,1-2H3. The molecule has 3 heteroatoms. The van der Waals surface area contributed by atoms with E-state index in [1.165, 1.54) is 18.9 Å². The molecule has 1 aromatic carbocycles. The van der Waals surface area contributed by atoms with Crippen LogP contribution in [0.2, 0.25) is 0 Å². The normalized spacial score (nSPS) is 23.3. The van der Waals surface area contributed by atoms with Gasteiger partial charge in [0.1, 0.15) is 17.7 Å². The average molecular weight is 265 g/mol. The molecule has 1 aromatic rings. The molecule has 1 N–H and O–H groups in total. The second-order valence-corrected chi connectivity index (χ2v) is 5.47. The first-order valence-corrected chi connectivity index (χ1v) is 7.35. The molecule has 19 heavy (non-hydrogen) atoms. The highest BCUT2D eigenvalue weighted by molar-refractivity contribution is 5.28. The third-order valence-electron chi connectivity index (χ3n) is 3.76. The van der Waals surface area contributed by atoms with Crippen molar-refractivity contribution in [2.24, 2.45) is 0 Å². The first-order chi connectivity index (χ1) is 9.19. The van der Waals surface area contributed by atoms with Crippen molar-refractivity contribution in [3.63, 3.8) is 0 Å². The maximum atomic E-state index is 13.5. The summed E-state index contributed by atoms with van der Waals surface area (Å²) >= 11 is 0. The highest BCUT2D eigenvalue weighted by Crippen LogP contribution is 2.25. The molecule has 0 aliphatic heterocycles. The summed E-state index contributed by atoms with van der Waals surface area (Å²) in [5.74, 6) is 0.471. The summed E-state index contributed by atoms with van der Waals surface area (Å²) in [7, 11) is 0. The van der Waals surface area contributed by atoms with Crippen LogP contribution >= 0.6 is 0 Å². The van der Waals surface area contributed by atoms with Gasteiger partial charge in [-0.1, -0.05) is 13.0 Å². The summed E-state index contributed by atoms with van der Waals surface area (Å²) in [6, 6.07) is 5.69. The van der Waals surface area contributed by atoms with E-state index in [1.54, 1.807) is 13.0 Å². The van der Waals surface area contributed by atoms with Crippen molar-refractivity contribution in [1.29, 1.82) is 0 Å². The van der Waals surface area contributed by atoms with E-state index in [2.05, 4.69) is 12.2 Å². The zero-order chi connectivity index (χ0) is 13.7. The Morgan fingerprint density at radius 3 is 2.95 bits per heavy atom. The third-order valence-corrected chi connectivity index (χ3v) is 3.76. The van der Waals surface area contributed by atoms with Gasteiger partial charge < -0.3 is 10.1 Å². The van der Waals surface area contributed by atoms with Crippen molar-refractivity contribution in [2.45, 2.75) is 58.1 Å². The van der Waals surface area contributed by atoms with Crippen LogP contribution in [-0.2, 0) is 0 Å². The first kappa shape index (κ1) is 14.3. The summed E-state index contributed by atoms with van der Waals surface area (Å²) in [6.07, 6.45) is 5.87. The molecule has 0 amide bonds. The molecule has 0 aromatic heterocycles. The zero-order valence-electron chi connectivity index (χ0n) is 11.9. The van der Waals surface area contributed by atoms with Gasteiger partial charge in [0, 0.05) is 12.1 Å². The zero-order valence-corrected chi connectivity index (χ0v) is 11.9. The number of ether oxygens (including phenoxy) is 1. The Balaban J connectivity index is 1.89. The number of aryl methyl sites for hydroxylation is 1. The van der Waals surface area contributed by atoms with Crippen LogP contribution < -0.4 is 10.1 Å². The van der Waals surface area contributed by atoms with E-state index in [-0.39, 0.29) is 11.9 Å². The van der Waals surface area contributed by atoms with E-state index < -0.39 is 0 Å². The molecule has 1 saturated carbocycles. The van der Waals surface area contributed by atoms with E-state index in [0.717, 1.165) is 25.8 Å². The number of benzene rings is 1. The number of hydrogen-bond donors (Lipinski definition) is 1. The summed E-state index contributed by atoms with van der Waals surface area (Å²) in [5.41, 5.74) is 0.665. The van der Waals surface area contributed by atoms with Gasteiger partial charge in [0.25, 0.3) is 0 Å². The van der Waals surface area contributed by atoms with Crippen LogP contribution in [0.5, 0.6) is 5.75 Å². The Kier molecular flexibility index (Phi) is 5.20. The molecule has 2 atom stereocenters. The number of hydrogen-bond acceptors (Lipinski definition) is 2. The van der Waals surface area contributed by atoms with Crippen LogP contribution in [0.25, 0.3) is 0 Å². The number of rotatable bonds is 5. The molecule has 0 bridgehead atoms. The number of nitrogens with one attached hydrogen (secondary N) is 1. The smallest absolute Gasteiger partial charge is 0.129 e. The van der Waals surface area contributed by atoms with E-state index in [4.69, 9.17) is 4.74 Å².